The quantitative estimate of drug-likeness (QED) is 0.835. The Morgan fingerprint density at radius 3 is 2.81 bits per heavy atom. The summed E-state index contributed by atoms with van der Waals surface area (Å²) in [5.74, 6) is 0.517. The van der Waals surface area contributed by atoms with Crippen molar-refractivity contribution in [2.24, 2.45) is 5.92 Å². The van der Waals surface area contributed by atoms with E-state index in [2.05, 4.69) is 31.9 Å². The van der Waals surface area contributed by atoms with Gasteiger partial charge in [0.2, 0.25) is 5.91 Å². The van der Waals surface area contributed by atoms with Crippen LogP contribution in [0.2, 0.25) is 0 Å². The monoisotopic (exact) mass is 347 g/mol. The van der Waals surface area contributed by atoms with Gasteiger partial charge in [0.15, 0.2) is 0 Å². The van der Waals surface area contributed by atoms with Crippen LogP contribution in [0.3, 0.4) is 0 Å². The summed E-state index contributed by atoms with van der Waals surface area (Å²) in [4.78, 5) is 13.5. The fourth-order valence-corrected chi connectivity index (χ4v) is 2.88. The summed E-state index contributed by atoms with van der Waals surface area (Å²) >= 11 is 6.75. The number of amides is 1. The molecule has 1 unspecified atom stereocenters. The van der Waals surface area contributed by atoms with E-state index in [1.165, 1.54) is 0 Å². The topological polar surface area (TPSA) is 40.5 Å². The van der Waals surface area contributed by atoms with E-state index < -0.39 is 0 Å². The van der Waals surface area contributed by atoms with E-state index in [1.807, 2.05) is 6.07 Å². The van der Waals surface area contributed by atoms with E-state index >= 15 is 0 Å². The van der Waals surface area contributed by atoms with E-state index in [0.29, 0.717) is 24.6 Å². The van der Waals surface area contributed by atoms with Crippen LogP contribution < -0.4 is 4.90 Å². The zero-order chi connectivity index (χ0) is 11.7. The third-order valence-electron chi connectivity index (χ3n) is 2.66. The Bertz CT molecular complexity index is 402. The summed E-state index contributed by atoms with van der Waals surface area (Å²) in [5.41, 5.74) is 0.580. The molecule has 16 heavy (non-hydrogen) atoms. The predicted octanol–water partition coefficient (Wildman–Crippen LogP) is 2.90. The number of alkyl halides is 1. The Kier molecular flexibility index (Phi) is 3.54. The first-order valence-corrected chi connectivity index (χ1v) is 6.88. The predicted molar refractivity (Wildman–Crippen MR) is 70.1 cm³/mol. The second-order valence-corrected chi connectivity index (χ2v) is 5.34. The maximum absolute atomic E-state index is 11.8. The molecule has 1 atom stereocenters. The number of benzene rings is 1. The van der Waals surface area contributed by atoms with Crippen LogP contribution in [0, 0.1) is 5.92 Å². The van der Waals surface area contributed by atoms with Crippen LogP contribution in [0.4, 0.5) is 5.69 Å². The molecule has 1 aromatic rings. The van der Waals surface area contributed by atoms with Gasteiger partial charge in [-0.05, 0) is 34.0 Å². The Balaban J connectivity index is 2.35. The van der Waals surface area contributed by atoms with Crippen molar-refractivity contribution in [1.82, 2.24) is 0 Å². The number of para-hydroxylation sites is 1. The van der Waals surface area contributed by atoms with Gasteiger partial charge in [-0.1, -0.05) is 22.0 Å². The van der Waals surface area contributed by atoms with E-state index in [1.54, 1.807) is 17.0 Å². The maximum Gasteiger partial charge on any atom is 0.227 e. The van der Waals surface area contributed by atoms with E-state index in [4.69, 9.17) is 0 Å². The van der Waals surface area contributed by atoms with E-state index in [-0.39, 0.29) is 11.7 Å². The van der Waals surface area contributed by atoms with Crippen LogP contribution in [0.15, 0.2) is 22.7 Å². The molecule has 1 heterocycles. The van der Waals surface area contributed by atoms with Gasteiger partial charge in [0.25, 0.3) is 0 Å². The van der Waals surface area contributed by atoms with Crippen molar-refractivity contribution >= 4 is 43.5 Å². The van der Waals surface area contributed by atoms with Gasteiger partial charge >= 0.3 is 0 Å². The first-order chi connectivity index (χ1) is 7.63. The largest absolute Gasteiger partial charge is 0.506 e. The molecule has 1 aromatic carbocycles. The molecule has 1 fully saturated rings. The molecular formula is C11H11Br2NO2. The highest BCUT2D eigenvalue weighted by atomic mass is 79.9. The summed E-state index contributed by atoms with van der Waals surface area (Å²) < 4.78 is 0.746. The van der Waals surface area contributed by atoms with Crippen molar-refractivity contribution in [2.45, 2.75) is 6.42 Å². The van der Waals surface area contributed by atoms with Crippen molar-refractivity contribution in [1.29, 1.82) is 0 Å². The molecule has 0 aliphatic carbocycles. The summed E-state index contributed by atoms with van der Waals surface area (Å²) in [7, 11) is 0. The van der Waals surface area contributed by atoms with Crippen LogP contribution in [0.1, 0.15) is 6.42 Å². The Morgan fingerprint density at radius 2 is 2.25 bits per heavy atom. The SMILES string of the molecule is O=C1CC(CBr)CN1c1c(O)cccc1Br. The first kappa shape index (κ1) is 11.9. The molecule has 3 nitrogen and oxygen atoms in total. The van der Waals surface area contributed by atoms with Crippen LogP contribution >= 0.6 is 31.9 Å². The summed E-state index contributed by atoms with van der Waals surface area (Å²) in [6.45, 7) is 0.653. The highest BCUT2D eigenvalue weighted by Crippen LogP contribution is 2.38. The van der Waals surface area contributed by atoms with Crippen molar-refractivity contribution in [2.75, 3.05) is 16.8 Å². The fourth-order valence-electron chi connectivity index (χ4n) is 1.87. The second kappa shape index (κ2) is 4.75. The molecule has 2 rings (SSSR count). The number of anilines is 1. The molecule has 0 bridgehead atoms. The van der Waals surface area contributed by atoms with Crippen LogP contribution in [0.5, 0.6) is 5.75 Å². The van der Waals surface area contributed by atoms with Gasteiger partial charge in [-0.15, -0.1) is 0 Å². The van der Waals surface area contributed by atoms with Gasteiger partial charge < -0.3 is 10.0 Å². The summed E-state index contributed by atoms with van der Waals surface area (Å²) in [5, 5.41) is 10.6. The molecule has 0 saturated carbocycles. The lowest BCUT2D eigenvalue weighted by Gasteiger charge is -2.19. The highest BCUT2D eigenvalue weighted by molar-refractivity contribution is 9.10. The maximum atomic E-state index is 11.8. The minimum atomic E-state index is 0.0617. The normalized spacial score (nSPS) is 20.5. The molecule has 86 valence electrons. The molecule has 0 aromatic heterocycles. The number of phenolic OH excluding ortho intramolecular Hbond substituents is 1. The lowest BCUT2D eigenvalue weighted by atomic mass is 10.2. The second-order valence-electron chi connectivity index (χ2n) is 3.84. The average molecular weight is 349 g/mol. The van der Waals surface area contributed by atoms with E-state index in [9.17, 15) is 9.90 Å². The molecule has 1 saturated heterocycles. The minimum absolute atomic E-state index is 0.0617. The van der Waals surface area contributed by atoms with Gasteiger partial charge in [-0.3, -0.25) is 4.79 Å². The number of rotatable bonds is 2. The number of nitrogens with zero attached hydrogens (tertiary/aromatic N) is 1. The van der Waals surface area contributed by atoms with Crippen molar-refractivity contribution in [3.05, 3.63) is 22.7 Å². The number of hydrogen-bond donors (Lipinski definition) is 1. The molecule has 0 radical (unpaired) electrons. The zero-order valence-corrected chi connectivity index (χ0v) is 11.7. The van der Waals surface area contributed by atoms with Crippen LogP contribution in [-0.4, -0.2) is 22.9 Å². The van der Waals surface area contributed by atoms with Crippen molar-refractivity contribution in [3.63, 3.8) is 0 Å². The molecule has 1 amide bonds. The molecule has 1 aliphatic rings. The number of phenols is 1. The number of halogens is 2. The third kappa shape index (κ3) is 2.11. The van der Waals surface area contributed by atoms with Crippen LogP contribution in [0.25, 0.3) is 0 Å². The Hall–Kier alpha value is -0.550. The number of carbonyl (C=O) groups is 1. The van der Waals surface area contributed by atoms with Crippen molar-refractivity contribution in [3.8, 4) is 5.75 Å². The lowest BCUT2D eigenvalue weighted by molar-refractivity contribution is -0.117. The smallest absolute Gasteiger partial charge is 0.227 e. The zero-order valence-electron chi connectivity index (χ0n) is 8.49. The highest BCUT2D eigenvalue weighted by Gasteiger charge is 2.32. The van der Waals surface area contributed by atoms with Gasteiger partial charge in [0.1, 0.15) is 11.4 Å². The molecule has 5 heteroatoms. The minimum Gasteiger partial charge on any atom is -0.506 e. The van der Waals surface area contributed by atoms with Crippen molar-refractivity contribution < 1.29 is 9.90 Å². The lowest BCUT2D eigenvalue weighted by Crippen LogP contribution is -2.25. The average Bonchev–Trinajstić information content (AvgIpc) is 2.60. The third-order valence-corrected chi connectivity index (χ3v) is 4.21. The van der Waals surface area contributed by atoms with Gasteiger partial charge in [0.05, 0.1) is 0 Å². The summed E-state index contributed by atoms with van der Waals surface area (Å²) in [6, 6.07) is 5.16. The van der Waals surface area contributed by atoms with Gasteiger partial charge in [-0.2, -0.15) is 0 Å². The van der Waals surface area contributed by atoms with E-state index in [0.717, 1.165) is 9.80 Å². The number of hydrogen-bond acceptors (Lipinski definition) is 2. The van der Waals surface area contributed by atoms with Crippen LogP contribution in [-0.2, 0) is 4.79 Å². The summed E-state index contributed by atoms with van der Waals surface area (Å²) in [6.07, 6.45) is 0.534. The standard InChI is InChI=1S/C11H11Br2NO2/c12-5-7-4-10(16)14(6-7)11-8(13)2-1-3-9(11)15/h1-3,7,15H,4-6H2. The van der Waals surface area contributed by atoms with Gasteiger partial charge in [-0.25, -0.2) is 0 Å². The Labute approximate surface area is 111 Å². The molecule has 0 spiro atoms. The first-order valence-electron chi connectivity index (χ1n) is 4.97. The molecule has 1 aliphatic heterocycles. The van der Waals surface area contributed by atoms with Gasteiger partial charge in [0, 0.05) is 22.8 Å². The number of aromatic hydroxyl groups is 1. The fraction of sp³-hybridized carbons (Fsp3) is 0.364. The molecular weight excluding hydrogens is 338 g/mol. The molecule has 1 N–H and O–H groups in total. The number of carbonyl (C=O) groups excluding carboxylic acids is 1. The Morgan fingerprint density at radius 1 is 1.50 bits per heavy atom.